The van der Waals surface area contributed by atoms with Crippen LogP contribution in [0.25, 0.3) is 0 Å². The number of amides is 1. The third-order valence-corrected chi connectivity index (χ3v) is 1.97. The van der Waals surface area contributed by atoms with Crippen molar-refractivity contribution in [2.45, 2.75) is 20.8 Å². The van der Waals surface area contributed by atoms with Gasteiger partial charge in [-0.2, -0.15) is 0 Å². The molecule has 1 rings (SSSR count). The summed E-state index contributed by atoms with van der Waals surface area (Å²) in [6.45, 7) is 5.45. The summed E-state index contributed by atoms with van der Waals surface area (Å²) in [4.78, 5) is 10.7. The summed E-state index contributed by atoms with van der Waals surface area (Å²) in [7, 11) is 0. The number of thiocarbonyl (C=S) groups is 1. The van der Waals surface area contributed by atoms with Crippen molar-refractivity contribution in [2.24, 2.45) is 0 Å². The summed E-state index contributed by atoms with van der Waals surface area (Å²) >= 11 is 4.96. The zero-order valence-corrected chi connectivity index (χ0v) is 9.87. The monoisotopic (exact) mass is 222 g/mol. The summed E-state index contributed by atoms with van der Waals surface area (Å²) in [6.07, 6.45) is 0. The average Bonchev–Trinajstić information content (AvgIpc) is 1.98. The molecule has 0 fully saturated rings. The highest BCUT2D eigenvalue weighted by atomic mass is 32.1. The Hall–Kier alpha value is -1.42. The molecule has 0 saturated carbocycles. The number of nitrogens with one attached hydrogen (secondary N) is 2. The van der Waals surface area contributed by atoms with Crippen LogP contribution in [0.2, 0.25) is 0 Å². The number of hydrogen-bond donors (Lipinski definition) is 2. The molecule has 0 bridgehead atoms. The molecular formula is C11H14N2OS. The van der Waals surface area contributed by atoms with Crippen LogP contribution in [0.3, 0.4) is 0 Å². The largest absolute Gasteiger partial charge is 0.332 e. The molecule has 0 radical (unpaired) electrons. The van der Waals surface area contributed by atoms with Crippen molar-refractivity contribution < 1.29 is 4.79 Å². The molecule has 0 saturated heterocycles. The first-order valence-electron chi connectivity index (χ1n) is 4.64. The maximum Gasteiger partial charge on any atom is 0.222 e. The molecule has 0 aliphatic heterocycles. The number of hydrogen-bond acceptors (Lipinski definition) is 2. The third kappa shape index (κ3) is 4.08. The van der Waals surface area contributed by atoms with E-state index < -0.39 is 0 Å². The molecule has 3 nitrogen and oxygen atoms in total. The summed E-state index contributed by atoms with van der Waals surface area (Å²) in [5.41, 5.74) is 3.21. The smallest absolute Gasteiger partial charge is 0.222 e. The zero-order valence-electron chi connectivity index (χ0n) is 9.05. The summed E-state index contributed by atoms with van der Waals surface area (Å²) in [6, 6.07) is 6.02. The Kier molecular flexibility index (Phi) is 3.80. The van der Waals surface area contributed by atoms with Gasteiger partial charge in [0.1, 0.15) is 0 Å². The summed E-state index contributed by atoms with van der Waals surface area (Å²) in [5, 5.41) is 5.79. The quantitative estimate of drug-likeness (QED) is 0.715. The maximum atomic E-state index is 10.7. The number of rotatable bonds is 1. The van der Waals surface area contributed by atoms with Crippen molar-refractivity contribution in [3.63, 3.8) is 0 Å². The molecule has 1 aromatic carbocycles. The number of aryl methyl sites for hydroxylation is 2. The van der Waals surface area contributed by atoms with Gasteiger partial charge in [0.15, 0.2) is 5.11 Å². The van der Waals surface area contributed by atoms with Crippen molar-refractivity contribution in [3.8, 4) is 0 Å². The molecule has 15 heavy (non-hydrogen) atoms. The fraction of sp³-hybridized carbons (Fsp3) is 0.273. The molecule has 80 valence electrons. The van der Waals surface area contributed by atoms with E-state index in [9.17, 15) is 4.79 Å². The van der Waals surface area contributed by atoms with E-state index in [4.69, 9.17) is 12.2 Å². The van der Waals surface area contributed by atoms with Crippen LogP contribution >= 0.6 is 12.2 Å². The van der Waals surface area contributed by atoms with Crippen LogP contribution in [0, 0.1) is 13.8 Å². The number of carbonyl (C=O) groups excluding carboxylic acids is 1. The molecule has 0 aliphatic rings. The van der Waals surface area contributed by atoms with E-state index in [1.807, 2.05) is 26.0 Å². The van der Waals surface area contributed by atoms with Gasteiger partial charge in [-0.15, -0.1) is 0 Å². The standard InChI is InChI=1S/C11H14N2OS/c1-7-4-8(2)6-10(5-7)13-11(15)12-9(3)14/h4-6H,1-3H3,(H2,12,13,14,15). The minimum atomic E-state index is -0.170. The van der Waals surface area contributed by atoms with Crippen LogP contribution in [0.15, 0.2) is 18.2 Å². The van der Waals surface area contributed by atoms with Gasteiger partial charge in [0.2, 0.25) is 5.91 Å². The van der Waals surface area contributed by atoms with Gasteiger partial charge in [-0.3, -0.25) is 4.79 Å². The van der Waals surface area contributed by atoms with Crippen molar-refractivity contribution in [3.05, 3.63) is 29.3 Å². The van der Waals surface area contributed by atoms with Crippen molar-refractivity contribution in [1.82, 2.24) is 5.32 Å². The van der Waals surface area contributed by atoms with Crippen LogP contribution in [-0.4, -0.2) is 11.0 Å². The van der Waals surface area contributed by atoms with Crippen LogP contribution in [0.1, 0.15) is 18.1 Å². The van der Waals surface area contributed by atoms with E-state index in [-0.39, 0.29) is 5.91 Å². The molecule has 0 unspecified atom stereocenters. The Morgan fingerprint density at radius 1 is 1.20 bits per heavy atom. The molecule has 0 spiro atoms. The molecule has 0 heterocycles. The van der Waals surface area contributed by atoms with Gasteiger partial charge in [-0.25, -0.2) is 0 Å². The molecular weight excluding hydrogens is 208 g/mol. The Labute approximate surface area is 94.9 Å². The van der Waals surface area contributed by atoms with Gasteiger partial charge < -0.3 is 10.6 Å². The fourth-order valence-electron chi connectivity index (χ4n) is 1.37. The van der Waals surface area contributed by atoms with Crippen molar-refractivity contribution in [2.75, 3.05) is 5.32 Å². The number of anilines is 1. The lowest BCUT2D eigenvalue weighted by Crippen LogP contribution is -2.32. The number of benzene rings is 1. The lowest BCUT2D eigenvalue weighted by molar-refractivity contribution is -0.117. The molecule has 1 amide bonds. The normalized spacial score (nSPS) is 9.53. The molecule has 0 aromatic heterocycles. The highest BCUT2D eigenvalue weighted by Gasteiger charge is 2.00. The molecule has 1 aromatic rings. The second kappa shape index (κ2) is 4.89. The first-order valence-corrected chi connectivity index (χ1v) is 5.05. The highest BCUT2D eigenvalue weighted by molar-refractivity contribution is 7.80. The predicted molar refractivity (Wildman–Crippen MR) is 66.0 cm³/mol. The Bertz CT molecular complexity index is 381. The van der Waals surface area contributed by atoms with Crippen LogP contribution in [0.4, 0.5) is 5.69 Å². The Morgan fingerprint density at radius 3 is 2.20 bits per heavy atom. The van der Waals surface area contributed by atoms with Gasteiger partial charge >= 0.3 is 0 Å². The third-order valence-electron chi connectivity index (χ3n) is 1.77. The summed E-state index contributed by atoms with van der Waals surface area (Å²) < 4.78 is 0. The average molecular weight is 222 g/mol. The fourth-order valence-corrected chi connectivity index (χ4v) is 1.63. The molecule has 4 heteroatoms. The van der Waals surface area contributed by atoms with E-state index in [1.54, 1.807) is 0 Å². The van der Waals surface area contributed by atoms with E-state index >= 15 is 0 Å². The van der Waals surface area contributed by atoms with Gasteiger partial charge in [0.05, 0.1) is 0 Å². The lowest BCUT2D eigenvalue weighted by atomic mass is 10.1. The van der Waals surface area contributed by atoms with Gasteiger partial charge in [0, 0.05) is 12.6 Å². The topological polar surface area (TPSA) is 41.1 Å². The highest BCUT2D eigenvalue weighted by Crippen LogP contribution is 2.13. The lowest BCUT2D eigenvalue weighted by Gasteiger charge is -2.09. The molecule has 0 aliphatic carbocycles. The second-order valence-electron chi connectivity index (χ2n) is 3.51. The van der Waals surface area contributed by atoms with E-state index in [2.05, 4.69) is 16.7 Å². The SMILES string of the molecule is CC(=O)NC(=S)Nc1cc(C)cc(C)c1. The minimum Gasteiger partial charge on any atom is -0.332 e. The maximum absolute atomic E-state index is 10.7. The van der Waals surface area contributed by atoms with Gasteiger partial charge in [-0.1, -0.05) is 6.07 Å². The second-order valence-corrected chi connectivity index (χ2v) is 3.92. The van der Waals surface area contributed by atoms with E-state index in [0.717, 1.165) is 16.8 Å². The van der Waals surface area contributed by atoms with E-state index in [0.29, 0.717) is 5.11 Å². The zero-order chi connectivity index (χ0) is 11.4. The first-order chi connectivity index (χ1) is 6.97. The summed E-state index contributed by atoms with van der Waals surface area (Å²) in [5.74, 6) is -0.170. The molecule has 2 N–H and O–H groups in total. The van der Waals surface area contributed by atoms with Crippen molar-refractivity contribution >= 4 is 28.9 Å². The first kappa shape index (κ1) is 11.7. The molecule has 0 atom stereocenters. The predicted octanol–water partition coefficient (Wildman–Crippen LogP) is 2.14. The van der Waals surface area contributed by atoms with Crippen molar-refractivity contribution in [1.29, 1.82) is 0 Å². The van der Waals surface area contributed by atoms with Gasteiger partial charge in [-0.05, 0) is 49.3 Å². The Balaban J connectivity index is 2.72. The van der Waals surface area contributed by atoms with Crippen LogP contribution in [0.5, 0.6) is 0 Å². The van der Waals surface area contributed by atoms with Crippen LogP contribution in [-0.2, 0) is 4.79 Å². The van der Waals surface area contributed by atoms with E-state index in [1.165, 1.54) is 6.92 Å². The minimum absolute atomic E-state index is 0.170. The van der Waals surface area contributed by atoms with Crippen LogP contribution < -0.4 is 10.6 Å². The number of carbonyl (C=O) groups is 1. The Morgan fingerprint density at radius 2 is 1.73 bits per heavy atom. The van der Waals surface area contributed by atoms with Gasteiger partial charge in [0.25, 0.3) is 0 Å².